The zero-order valence-corrected chi connectivity index (χ0v) is 18.2. The first-order chi connectivity index (χ1) is 14.4. The van der Waals surface area contributed by atoms with E-state index in [-0.39, 0.29) is 30.4 Å². The maximum atomic E-state index is 13.3. The molecule has 0 saturated carbocycles. The van der Waals surface area contributed by atoms with Crippen molar-refractivity contribution in [3.8, 4) is 0 Å². The zero-order valence-electron chi connectivity index (χ0n) is 17.4. The van der Waals surface area contributed by atoms with Gasteiger partial charge in [-0.1, -0.05) is 18.2 Å². The summed E-state index contributed by atoms with van der Waals surface area (Å²) in [7, 11) is 3.36. The van der Waals surface area contributed by atoms with Crippen molar-refractivity contribution in [1.82, 2.24) is 14.7 Å². The highest BCUT2D eigenvalue weighted by Crippen LogP contribution is 2.17. The van der Waals surface area contributed by atoms with Gasteiger partial charge in [0, 0.05) is 38.7 Å². The van der Waals surface area contributed by atoms with Crippen molar-refractivity contribution in [2.24, 2.45) is 0 Å². The number of halogens is 1. The van der Waals surface area contributed by atoms with E-state index in [0.717, 1.165) is 23.3 Å². The molecule has 1 aromatic carbocycles. The van der Waals surface area contributed by atoms with Gasteiger partial charge in [0.2, 0.25) is 5.91 Å². The number of carbonyl (C=O) groups excluding carboxylic acids is 2. The van der Waals surface area contributed by atoms with Crippen LogP contribution in [0.5, 0.6) is 0 Å². The molecule has 0 N–H and O–H groups in total. The number of urea groups is 1. The van der Waals surface area contributed by atoms with E-state index in [9.17, 15) is 14.0 Å². The van der Waals surface area contributed by atoms with E-state index in [1.54, 1.807) is 47.4 Å². The lowest BCUT2D eigenvalue weighted by atomic mass is 10.2. The molecule has 1 saturated heterocycles. The van der Waals surface area contributed by atoms with E-state index in [1.165, 1.54) is 17.0 Å². The van der Waals surface area contributed by atoms with E-state index in [0.29, 0.717) is 26.2 Å². The standard InChI is InChI=1S/C22H28FN3O3S/c1-24(2)22(28)26(14-19-5-3-11-29-19)16-21(27)25(15-20-6-4-12-30-20)13-17-7-9-18(23)10-8-17/h4,6-10,12,19H,3,5,11,13-16H2,1-2H3. The van der Waals surface area contributed by atoms with Gasteiger partial charge < -0.3 is 19.4 Å². The zero-order chi connectivity index (χ0) is 21.5. The van der Waals surface area contributed by atoms with Crippen molar-refractivity contribution < 1.29 is 18.7 Å². The summed E-state index contributed by atoms with van der Waals surface area (Å²) < 4.78 is 19.0. The Kier molecular flexibility index (Phi) is 7.81. The Balaban J connectivity index is 1.74. The van der Waals surface area contributed by atoms with Crippen LogP contribution in [-0.2, 0) is 22.6 Å². The van der Waals surface area contributed by atoms with Crippen LogP contribution in [-0.4, -0.2) is 66.5 Å². The summed E-state index contributed by atoms with van der Waals surface area (Å²) in [6, 6.07) is 9.85. The van der Waals surface area contributed by atoms with E-state index in [1.807, 2.05) is 17.5 Å². The predicted molar refractivity (Wildman–Crippen MR) is 115 cm³/mol. The van der Waals surface area contributed by atoms with Crippen LogP contribution >= 0.6 is 11.3 Å². The number of benzene rings is 1. The Morgan fingerprint density at radius 3 is 2.50 bits per heavy atom. The van der Waals surface area contributed by atoms with Crippen LogP contribution in [0.4, 0.5) is 9.18 Å². The topological polar surface area (TPSA) is 53.1 Å². The van der Waals surface area contributed by atoms with E-state index < -0.39 is 0 Å². The number of carbonyl (C=O) groups is 2. The average Bonchev–Trinajstić information content (AvgIpc) is 3.42. The summed E-state index contributed by atoms with van der Waals surface area (Å²) in [5.74, 6) is -0.463. The van der Waals surface area contributed by atoms with Crippen molar-refractivity contribution in [3.63, 3.8) is 0 Å². The van der Waals surface area contributed by atoms with Gasteiger partial charge in [0.15, 0.2) is 0 Å². The molecule has 3 rings (SSSR count). The van der Waals surface area contributed by atoms with Crippen molar-refractivity contribution >= 4 is 23.3 Å². The van der Waals surface area contributed by atoms with Gasteiger partial charge >= 0.3 is 6.03 Å². The van der Waals surface area contributed by atoms with Gasteiger partial charge in [-0.2, -0.15) is 0 Å². The Bertz CT molecular complexity index is 821. The van der Waals surface area contributed by atoms with E-state index >= 15 is 0 Å². The lowest BCUT2D eigenvalue weighted by molar-refractivity contribution is -0.133. The van der Waals surface area contributed by atoms with Gasteiger partial charge in [0.05, 0.1) is 12.6 Å². The third-order valence-corrected chi connectivity index (χ3v) is 5.85. The van der Waals surface area contributed by atoms with Gasteiger partial charge in [-0.05, 0) is 42.0 Å². The summed E-state index contributed by atoms with van der Waals surface area (Å²) >= 11 is 1.58. The molecule has 0 radical (unpaired) electrons. The summed E-state index contributed by atoms with van der Waals surface area (Å²) in [6.07, 6.45) is 1.82. The second-order valence-electron chi connectivity index (χ2n) is 7.65. The average molecular weight is 434 g/mol. The van der Waals surface area contributed by atoms with Gasteiger partial charge in [-0.25, -0.2) is 9.18 Å². The molecule has 1 fully saturated rings. The highest BCUT2D eigenvalue weighted by atomic mass is 32.1. The first-order valence-corrected chi connectivity index (χ1v) is 10.9. The van der Waals surface area contributed by atoms with Crippen LogP contribution < -0.4 is 0 Å². The van der Waals surface area contributed by atoms with E-state index in [2.05, 4.69) is 0 Å². The smallest absolute Gasteiger partial charge is 0.320 e. The number of thiophene rings is 1. The molecular formula is C22H28FN3O3S. The number of hydrogen-bond acceptors (Lipinski definition) is 4. The van der Waals surface area contributed by atoms with Crippen LogP contribution in [0.25, 0.3) is 0 Å². The molecule has 0 bridgehead atoms. The number of nitrogens with zero attached hydrogens (tertiary/aromatic N) is 3. The van der Waals surface area contributed by atoms with Crippen molar-refractivity contribution in [2.75, 3.05) is 33.8 Å². The van der Waals surface area contributed by atoms with Gasteiger partial charge in [-0.3, -0.25) is 4.79 Å². The van der Waals surface area contributed by atoms with Crippen LogP contribution in [0.3, 0.4) is 0 Å². The predicted octanol–water partition coefficient (Wildman–Crippen LogP) is 3.58. The Hall–Kier alpha value is -2.45. The first kappa shape index (κ1) is 22.2. The number of rotatable bonds is 8. The fourth-order valence-corrected chi connectivity index (χ4v) is 4.14. The highest BCUT2D eigenvalue weighted by molar-refractivity contribution is 7.09. The molecule has 0 aliphatic carbocycles. The molecule has 1 aromatic heterocycles. The molecule has 2 aromatic rings. The molecule has 0 spiro atoms. The first-order valence-electron chi connectivity index (χ1n) is 10.0. The number of amides is 3. The quantitative estimate of drug-likeness (QED) is 0.640. The highest BCUT2D eigenvalue weighted by Gasteiger charge is 2.27. The fourth-order valence-electron chi connectivity index (χ4n) is 3.42. The maximum Gasteiger partial charge on any atom is 0.320 e. The second kappa shape index (κ2) is 10.5. The lowest BCUT2D eigenvalue weighted by Gasteiger charge is -2.30. The molecule has 1 aliphatic heterocycles. The van der Waals surface area contributed by atoms with Crippen LogP contribution in [0.2, 0.25) is 0 Å². The molecule has 3 amide bonds. The summed E-state index contributed by atoms with van der Waals surface area (Å²) in [4.78, 5) is 31.7. The molecule has 2 heterocycles. The van der Waals surface area contributed by atoms with Crippen LogP contribution in [0.15, 0.2) is 41.8 Å². The Morgan fingerprint density at radius 2 is 1.90 bits per heavy atom. The summed E-state index contributed by atoms with van der Waals surface area (Å²) in [6.45, 7) is 1.85. The fraction of sp³-hybridized carbons (Fsp3) is 0.455. The number of ether oxygens (including phenoxy) is 1. The number of hydrogen-bond donors (Lipinski definition) is 0. The molecule has 30 heavy (non-hydrogen) atoms. The summed E-state index contributed by atoms with van der Waals surface area (Å²) in [5, 5.41) is 1.97. The maximum absolute atomic E-state index is 13.3. The van der Waals surface area contributed by atoms with Crippen molar-refractivity contribution in [3.05, 3.63) is 58.0 Å². The molecular weight excluding hydrogens is 405 g/mol. The molecule has 6 nitrogen and oxygen atoms in total. The SMILES string of the molecule is CN(C)C(=O)N(CC(=O)N(Cc1ccc(F)cc1)Cc1cccs1)CC1CCCO1. The summed E-state index contributed by atoms with van der Waals surface area (Å²) in [5.41, 5.74) is 0.839. The largest absolute Gasteiger partial charge is 0.376 e. The van der Waals surface area contributed by atoms with Crippen molar-refractivity contribution in [1.29, 1.82) is 0 Å². The molecule has 8 heteroatoms. The van der Waals surface area contributed by atoms with Crippen molar-refractivity contribution in [2.45, 2.75) is 32.0 Å². The minimum atomic E-state index is -0.311. The monoisotopic (exact) mass is 433 g/mol. The second-order valence-corrected chi connectivity index (χ2v) is 8.68. The van der Waals surface area contributed by atoms with Crippen LogP contribution in [0, 0.1) is 5.82 Å². The normalized spacial score (nSPS) is 15.8. The minimum Gasteiger partial charge on any atom is -0.376 e. The molecule has 162 valence electrons. The molecule has 1 atom stereocenters. The minimum absolute atomic E-state index is 0.0244. The van der Waals surface area contributed by atoms with Crippen LogP contribution in [0.1, 0.15) is 23.3 Å². The Labute approximate surface area is 180 Å². The van der Waals surface area contributed by atoms with Gasteiger partial charge in [0.1, 0.15) is 12.4 Å². The lowest BCUT2D eigenvalue weighted by Crippen LogP contribution is -2.48. The van der Waals surface area contributed by atoms with Gasteiger partial charge in [0.25, 0.3) is 0 Å². The van der Waals surface area contributed by atoms with E-state index in [4.69, 9.17) is 4.74 Å². The molecule has 1 unspecified atom stereocenters. The Morgan fingerprint density at radius 1 is 1.13 bits per heavy atom. The third-order valence-electron chi connectivity index (χ3n) is 4.99. The third kappa shape index (κ3) is 6.27. The molecule has 1 aliphatic rings. The van der Waals surface area contributed by atoms with Gasteiger partial charge in [-0.15, -0.1) is 11.3 Å².